The molecular formula is C12H12FN5OS. The van der Waals surface area contributed by atoms with Crippen molar-refractivity contribution in [2.75, 3.05) is 5.75 Å². The number of fused-ring (bicyclic) bond motifs is 1. The minimum atomic E-state index is -0.286. The number of thioether (sulfide) groups is 1. The Labute approximate surface area is 118 Å². The van der Waals surface area contributed by atoms with Gasteiger partial charge in [-0.3, -0.25) is 4.79 Å². The van der Waals surface area contributed by atoms with Crippen molar-refractivity contribution < 1.29 is 9.18 Å². The number of nitrogens with zero attached hydrogens (tertiary/aromatic N) is 4. The van der Waals surface area contributed by atoms with Crippen LogP contribution in [0.1, 0.15) is 18.0 Å². The first-order valence-corrected chi connectivity index (χ1v) is 7.13. The van der Waals surface area contributed by atoms with Crippen LogP contribution in [0, 0.1) is 5.82 Å². The molecule has 0 saturated carbocycles. The van der Waals surface area contributed by atoms with Crippen molar-refractivity contribution in [1.29, 1.82) is 0 Å². The number of benzene rings is 1. The predicted octanol–water partition coefficient (Wildman–Crippen LogP) is 1.17. The molecule has 0 aliphatic carbocycles. The number of hydrogen-bond donors (Lipinski definition) is 1. The number of nitrogens with one attached hydrogen (secondary N) is 1. The third-order valence-electron chi connectivity index (χ3n) is 3.04. The summed E-state index contributed by atoms with van der Waals surface area (Å²) in [7, 11) is 0. The van der Waals surface area contributed by atoms with Gasteiger partial charge in [-0.1, -0.05) is 0 Å². The van der Waals surface area contributed by atoms with Crippen LogP contribution < -0.4 is 5.32 Å². The minimum Gasteiger partial charge on any atom is -0.348 e. The Kier molecular flexibility index (Phi) is 3.64. The molecule has 1 unspecified atom stereocenters. The third kappa shape index (κ3) is 2.79. The SMILES string of the molecule is O=C(Cn1cnnn1)NC1CCSc2ccc(F)cc21. The summed E-state index contributed by atoms with van der Waals surface area (Å²) in [5.41, 5.74) is 0.839. The molecular weight excluding hydrogens is 281 g/mol. The van der Waals surface area contributed by atoms with Gasteiger partial charge in [0.2, 0.25) is 5.91 Å². The molecule has 0 radical (unpaired) electrons. The summed E-state index contributed by atoms with van der Waals surface area (Å²) < 4.78 is 14.7. The van der Waals surface area contributed by atoms with Gasteiger partial charge in [0.15, 0.2) is 0 Å². The van der Waals surface area contributed by atoms with E-state index >= 15 is 0 Å². The molecule has 1 aliphatic heterocycles. The number of aromatic nitrogens is 4. The van der Waals surface area contributed by atoms with E-state index in [9.17, 15) is 9.18 Å². The molecule has 1 amide bonds. The molecule has 0 fully saturated rings. The van der Waals surface area contributed by atoms with E-state index in [1.807, 2.05) is 0 Å². The Morgan fingerprint density at radius 1 is 1.55 bits per heavy atom. The van der Waals surface area contributed by atoms with Crippen molar-refractivity contribution in [3.8, 4) is 0 Å². The highest BCUT2D eigenvalue weighted by Crippen LogP contribution is 2.36. The number of halogens is 1. The van der Waals surface area contributed by atoms with E-state index in [0.717, 1.165) is 22.6 Å². The van der Waals surface area contributed by atoms with Crippen LogP contribution in [-0.4, -0.2) is 31.9 Å². The van der Waals surface area contributed by atoms with Crippen LogP contribution in [-0.2, 0) is 11.3 Å². The first-order valence-electron chi connectivity index (χ1n) is 6.15. The topological polar surface area (TPSA) is 72.7 Å². The van der Waals surface area contributed by atoms with Gasteiger partial charge in [-0.05, 0) is 40.6 Å². The molecule has 2 heterocycles. The Bertz CT molecular complexity index is 618. The fourth-order valence-electron chi connectivity index (χ4n) is 2.16. The Morgan fingerprint density at radius 3 is 3.25 bits per heavy atom. The normalized spacial score (nSPS) is 17.6. The zero-order chi connectivity index (χ0) is 13.9. The van der Waals surface area contributed by atoms with E-state index in [0.29, 0.717) is 0 Å². The van der Waals surface area contributed by atoms with E-state index in [4.69, 9.17) is 0 Å². The molecule has 1 atom stereocenters. The number of rotatable bonds is 3. The van der Waals surface area contributed by atoms with Crippen LogP contribution in [0.4, 0.5) is 4.39 Å². The maximum absolute atomic E-state index is 13.4. The van der Waals surface area contributed by atoms with Crippen LogP contribution >= 0.6 is 11.8 Å². The standard InChI is InChI=1S/C12H12FN5OS/c13-8-1-2-11-9(5-8)10(3-4-20-11)15-12(19)6-18-7-14-16-17-18/h1-2,5,7,10H,3-4,6H2,(H,15,19). The van der Waals surface area contributed by atoms with E-state index in [1.165, 1.54) is 23.1 Å². The minimum absolute atomic E-state index is 0.0568. The molecule has 1 aliphatic rings. The van der Waals surface area contributed by atoms with Gasteiger partial charge in [0.05, 0.1) is 6.04 Å². The number of carbonyl (C=O) groups excluding carboxylic acids is 1. The van der Waals surface area contributed by atoms with Gasteiger partial charge in [0.25, 0.3) is 0 Å². The smallest absolute Gasteiger partial charge is 0.242 e. The fourth-order valence-corrected chi connectivity index (χ4v) is 3.26. The molecule has 3 rings (SSSR count). The van der Waals surface area contributed by atoms with Gasteiger partial charge in [0.1, 0.15) is 18.7 Å². The van der Waals surface area contributed by atoms with Crippen LogP contribution in [0.3, 0.4) is 0 Å². The Balaban J connectivity index is 1.72. The summed E-state index contributed by atoms with van der Waals surface area (Å²) >= 11 is 1.68. The van der Waals surface area contributed by atoms with Crippen LogP contribution in [0.25, 0.3) is 0 Å². The van der Waals surface area contributed by atoms with E-state index in [-0.39, 0.29) is 24.3 Å². The highest BCUT2D eigenvalue weighted by atomic mass is 32.2. The summed E-state index contributed by atoms with van der Waals surface area (Å²) in [5.74, 6) is 0.421. The maximum atomic E-state index is 13.4. The highest BCUT2D eigenvalue weighted by molar-refractivity contribution is 7.99. The molecule has 1 N–H and O–H groups in total. The average Bonchev–Trinajstić information content (AvgIpc) is 2.92. The Hall–Kier alpha value is -1.96. The van der Waals surface area contributed by atoms with Crippen LogP contribution in [0.2, 0.25) is 0 Å². The van der Waals surface area contributed by atoms with Gasteiger partial charge < -0.3 is 5.32 Å². The summed E-state index contributed by atoms with van der Waals surface area (Å²) in [4.78, 5) is 13.0. The van der Waals surface area contributed by atoms with Crippen molar-refractivity contribution in [2.24, 2.45) is 0 Å². The van der Waals surface area contributed by atoms with Crippen molar-refractivity contribution in [2.45, 2.75) is 23.9 Å². The summed E-state index contributed by atoms with van der Waals surface area (Å²) in [6.45, 7) is 0.0568. The van der Waals surface area contributed by atoms with Gasteiger partial charge in [-0.25, -0.2) is 9.07 Å². The molecule has 1 aromatic heterocycles. The summed E-state index contributed by atoms with van der Waals surface area (Å²) in [6, 6.07) is 4.53. The van der Waals surface area contributed by atoms with Crippen LogP contribution in [0.5, 0.6) is 0 Å². The van der Waals surface area contributed by atoms with Crippen molar-refractivity contribution >= 4 is 17.7 Å². The van der Waals surface area contributed by atoms with Gasteiger partial charge in [0, 0.05) is 10.6 Å². The molecule has 20 heavy (non-hydrogen) atoms. The first kappa shape index (κ1) is 13.0. The lowest BCUT2D eigenvalue weighted by Gasteiger charge is -2.25. The molecule has 104 valence electrons. The van der Waals surface area contributed by atoms with Crippen molar-refractivity contribution in [1.82, 2.24) is 25.5 Å². The molecule has 6 nitrogen and oxygen atoms in total. The second-order valence-electron chi connectivity index (χ2n) is 4.45. The second-order valence-corrected chi connectivity index (χ2v) is 5.58. The molecule has 0 saturated heterocycles. The fraction of sp³-hybridized carbons (Fsp3) is 0.333. The second kappa shape index (κ2) is 5.58. The zero-order valence-corrected chi connectivity index (χ0v) is 11.3. The van der Waals surface area contributed by atoms with E-state index < -0.39 is 0 Å². The molecule has 1 aromatic carbocycles. The van der Waals surface area contributed by atoms with Gasteiger partial charge in [-0.15, -0.1) is 16.9 Å². The van der Waals surface area contributed by atoms with Crippen molar-refractivity contribution in [3.63, 3.8) is 0 Å². The van der Waals surface area contributed by atoms with Crippen molar-refractivity contribution in [3.05, 3.63) is 35.9 Å². The first-order chi connectivity index (χ1) is 9.72. The van der Waals surface area contributed by atoms with E-state index in [1.54, 1.807) is 17.8 Å². The van der Waals surface area contributed by atoms with E-state index in [2.05, 4.69) is 20.8 Å². The largest absolute Gasteiger partial charge is 0.348 e. The summed E-state index contributed by atoms with van der Waals surface area (Å²) in [6.07, 6.45) is 2.16. The van der Waals surface area contributed by atoms with Gasteiger partial charge in [-0.2, -0.15) is 0 Å². The lowest BCUT2D eigenvalue weighted by Crippen LogP contribution is -2.33. The average molecular weight is 293 g/mol. The third-order valence-corrected chi connectivity index (χ3v) is 4.17. The molecule has 0 bridgehead atoms. The maximum Gasteiger partial charge on any atom is 0.242 e. The van der Waals surface area contributed by atoms with Gasteiger partial charge >= 0.3 is 0 Å². The highest BCUT2D eigenvalue weighted by Gasteiger charge is 2.23. The molecule has 0 spiro atoms. The number of carbonyl (C=O) groups is 1. The Morgan fingerprint density at radius 2 is 2.45 bits per heavy atom. The lowest BCUT2D eigenvalue weighted by molar-refractivity contribution is -0.122. The van der Waals surface area contributed by atoms with Crippen LogP contribution in [0.15, 0.2) is 29.4 Å². The quantitative estimate of drug-likeness (QED) is 0.919. The number of hydrogen-bond acceptors (Lipinski definition) is 5. The monoisotopic (exact) mass is 293 g/mol. The zero-order valence-electron chi connectivity index (χ0n) is 10.5. The molecule has 2 aromatic rings. The lowest BCUT2D eigenvalue weighted by atomic mass is 10.0. The number of amides is 1. The summed E-state index contributed by atoms with van der Waals surface area (Å²) in [5, 5.41) is 13.5. The predicted molar refractivity (Wildman–Crippen MR) is 70.4 cm³/mol. The number of tetrazole rings is 1. The molecule has 8 heteroatoms.